The van der Waals surface area contributed by atoms with Crippen LogP contribution in [0.4, 0.5) is 0 Å². The standard InChI is InChI=1S/C16H17NO/c1-12-16(3-2-10-17-12)14-6-8-15(9-7-14)18-11-13-4-5-13/h2-3,6-10,13H,4-5,11H2,1H3. The van der Waals surface area contributed by atoms with Crippen molar-refractivity contribution in [3.05, 3.63) is 48.3 Å². The van der Waals surface area contributed by atoms with Gasteiger partial charge in [0.2, 0.25) is 0 Å². The van der Waals surface area contributed by atoms with Gasteiger partial charge in [-0.15, -0.1) is 0 Å². The van der Waals surface area contributed by atoms with Gasteiger partial charge in [-0.25, -0.2) is 0 Å². The molecule has 0 bridgehead atoms. The van der Waals surface area contributed by atoms with Gasteiger partial charge in [-0.3, -0.25) is 4.98 Å². The van der Waals surface area contributed by atoms with Crippen LogP contribution in [0.5, 0.6) is 5.75 Å². The molecule has 92 valence electrons. The number of aryl methyl sites for hydroxylation is 1. The average molecular weight is 239 g/mol. The van der Waals surface area contributed by atoms with Gasteiger partial charge in [0.15, 0.2) is 0 Å². The van der Waals surface area contributed by atoms with E-state index in [0.29, 0.717) is 0 Å². The number of aromatic nitrogens is 1. The molecule has 2 nitrogen and oxygen atoms in total. The van der Waals surface area contributed by atoms with Crippen LogP contribution in [0.25, 0.3) is 11.1 Å². The summed E-state index contributed by atoms with van der Waals surface area (Å²) in [5.41, 5.74) is 3.44. The lowest BCUT2D eigenvalue weighted by Gasteiger charge is -2.08. The number of rotatable bonds is 4. The van der Waals surface area contributed by atoms with E-state index < -0.39 is 0 Å². The second-order valence-electron chi connectivity index (χ2n) is 4.92. The number of pyridine rings is 1. The van der Waals surface area contributed by atoms with Gasteiger partial charge in [-0.1, -0.05) is 18.2 Å². The Bertz CT molecular complexity index is 529. The van der Waals surface area contributed by atoms with E-state index in [1.807, 2.05) is 31.3 Å². The predicted molar refractivity (Wildman–Crippen MR) is 72.6 cm³/mol. The third-order valence-corrected chi connectivity index (χ3v) is 3.35. The van der Waals surface area contributed by atoms with Gasteiger partial charge >= 0.3 is 0 Å². The zero-order chi connectivity index (χ0) is 12.4. The maximum atomic E-state index is 5.74. The van der Waals surface area contributed by atoms with E-state index in [2.05, 4.69) is 23.2 Å². The van der Waals surface area contributed by atoms with Crippen molar-refractivity contribution in [2.24, 2.45) is 5.92 Å². The molecule has 0 saturated heterocycles. The van der Waals surface area contributed by atoms with Gasteiger partial charge in [-0.2, -0.15) is 0 Å². The highest BCUT2D eigenvalue weighted by molar-refractivity contribution is 5.66. The van der Waals surface area contributed by atoms with Gasteiger partial charge in [-0.05, 0) is 49.4 Å². The zero-order valence-electron chi connectivity index (χ0n) is 10.6. The lowest BCUT2D eigenvalue weighted by Crippen LogP contribution is -1.98. The highest BCUT2D eigenvalue weighted by Crippen LogP contribution is 2.30. The number of hydrogen-bond acceptors (Lipinski definition) is 2. The van der Waals surface area contributed by atoms with Crippen LogP contribution in [0.1, 0.15) is 18.5 Å². The summed E-state index contributed by atoms with van der Waals surface area (Å²) in [4.78, 5) is 4.31. The summed E-state index contributed by atoms with van der Waals surface area (Å²) >= 11 is 0. The molecule has 2 heteroatoms. The summed E-state index contributed by atoms with van der Waals surface area (Å²) in [7, 11) is 0. The summed E-state index contributed by atoms with van der Waals surface area (Å²) in [5.74, 6) is 1.76. The van der Waals surface area contributed by atoms with Crippen LogP contribution in [0.15, 0.2) is 42.6 Å². The molecule has 1 aromatic carbocycles. The van der Waals surface area contributed by atoms with E-state index in [9.17, 15) is 0 Å². The molecule has 1 saturated carbocycles. The minimum atomic E-state index is 0.797. The first kappa shape index (κ1) is 11.3. The number of benzene rings is 1. The van der Waals surface area contributed by atoms with Crippen LogP contribution in [0.3, 0.4) is 0 Å². The van der Waals surface area contributed by atoms with Gasteiger partial charge in [0.05, 0.1) is 6.61 Å². The minimum Gasteiger partial charge on any atom is -0.493 e. The Morgan fingerprint density at radius 3 is 2.61 bits per heavy atom. The zero-order valence-corrected chi connectivity index (χ0v) is 10.6. The van der Waals surface area contributed by atoms with Crippen molar-refractivity contribution in [3.63, 3.8) is 0 Å². The summed E-state index contributed by atoms with van der Waals surface area (Å²) in [6.45, 7) is 2.90. The van der Waals surface area contributed by atoms with Gasteiger partial charge in [0.1, 0.15) is 5.75 Å². The summed E-state index contributed by atoms with van der Waals surface area (Å²) in [5, 5.41) is 0. The molecule has 1 aliphatic carbocycles. The van der Waals surface area contributed by atoms with Crippen LogP contribution in [-0.4, -0.2) is 11.6 Å². The van der Waals surface area contributed by atoms with Crippen molar-refractivity contribution >= 4 is 0 Å². The van der Waals surface area contributed by atoms with E-state index in [-0.39, 0.29) is 0 Å². The summed E-state index contributed by atoms with van der Waals surface area (Å²) in [6, 6.07) is 12.4. The Labute approximate surface area is 108 Å². The van der Waals surface area contributed by atoms with Crippen LogP contribution < -0.4 is 4.74 Å². The fourth-order valence-corrected chi connectivity index (χ4v) is 2.02. The molecule has 1 fully saturated rings. The third-order valence-electron chi connectivity index (χ3n) is 3.35. The van der Waals surface area contributed by atoms with E-state index in [0.717, 1.165) is 24.0 Å². The highest BCUT2D eigenvalue weighted by atomic mass is 16.5. The molecule has 0 spiro atoms. The van der Waals surface area contributed by atoms with Crippen LogP contribution >= 0.6 is 0 Å². The summed E-state index contributed by atoms with van der Waals surface area (Å²) < 4.78 is 5.74. The van der Waals surface area contributed by atoms with E-state index in [4.69, 9.17) is 4.74 Å². The van der Waals surface area contributed by atoms with Crippen molar-refractivity contribution in [2.75, 3.05) is 6.61 Å². The fourth-order valence-electron chi connectivity index (χ4n) is 2.02. The van der Waals surface area contributed by atoms with Crippen molar-refractivity contribution in [1.82, 2.24) is 4.98 Å². The van der Waals surface area contributed by atoms with Crippen LogP contribution in [0.2, 0.25) is 0 Å². The second kappa shape index (κ2) is 4.81. The highest BCUT2D eigenvalue weighted by Gasteiger charge is 2.21. The lowest BCUT2D eigenvalue weighted by atomic mass is 10.0. The Morgan fingerprint density at radius 2 is 1.94 bits per heavy atom. The quantitative estimate of drug-likeness (QED) is 0.808. The molecule has 0 radical (unpaired) electrons. The number of nitrogens with zero attached hydrogens (tertiary/aromatic N) is 1. The average Bonchev–Trinajstić information content (AvgIpc) is 3.22. The van der Waals surface area contributed by atoms with Crippen LogP contribution in [0, 0.1) is 12.8 Å². The van der Waals surface area contributed by atoms with Gasteiger partial charge < -0.3 is 4.74 Å². The molecule has 18 heavy (non-hydrogen) atoms. The summed E-state index contributed by atoms with van der Waals surface area (Å²) in [6.07, 6.45) is 4.48. The molecule has 1 heterocycles. The first-order valence-electron chi connectivity index (χ1n) is 6.48. The molecule has 0 unspecified atom stereocenters. The largest absolute Gasteiger partial charge is 0.493 e. The normalized spacial score (nSPS) is 14.5. The Morgan fingerprint density at radius 1 is 1.17 bits per heavy atom. The molecular weight excluding hydrogens is 222 g/mol. The first-order chi connectivity index (χ1) is 8.83. The SMILES string of the molecule is Cc1ncccc1-c1ccc(OCC2CC2)cc1. The van der Waals surface area contributed by atoms with Crippen molar-refractivity contribution in [2.45, 2.75) is 19.8 Å². The van der Waals surface area contributed by atoms with Gasteiger partial charge in [0, 0.05) is 17.5 Å². The monoisotopic (exact) mass is 239 g/mol. The Hall–Kier alpha value is -1.83. The van der Waals surface area contributed by atoms with Crippen LogP contribution in [-0.2, 0) is 0 Å². The van der Waals surface area contributed by atoms with Gasteiger partial charge in [0.25, 0.3) is 0 Å². The molecule has 0 aliphatic heterocycles. The maximum Gasteiger partial charge on any atom is 0.119 e. The molecule has 0 N–H and O–H groups in total. The van der Waals surface area contributed by atoms with Crippen molar-refractivity contribution < 1.29 is 4.74 Å². The predicted octanol–water partition coefficient (Wildman–Crippen LogP) is 3.85. The topological polar surface area (TPSA) is 22.1 Å². The first-order valence-corrected chi connectivity index (χ1v) is 6.48. The molecule has 0 atom stereocenters. The van der Waals surface area contributed by atoms with E-state index >= 15 is 0 Å². The van der Waals surface area contributed by atoms with Crippen molar-refractivity contribution in [3.8, 4) is 16.9 Å². The maximum absolute atomic E-state index is 5.74. The second-order valence-corrected chi connectivity index (χ2v) is 4.92. The smallest absolute Gasteiger partial charge is 0.119 e. The third kappa shape index (κ3) is 2.53. The molecule has 3 rings (SSSR count). The molecular formula is C16H17NO. The number of ether oxygens (including phenoxy) is 1. The number of hydrogen-bond donors (Lipinski definition) is 0. The molecule has 1 aromatic heterocycles. The van der Waals surface area contributed by atoms with E-state index in [1.165, 1.54) is 24.0 Å². The molecule has 1 aliphatic rings. The molecule has 2 aromatic rings. The van der Waals surface area contributed by atoms with E-state index in [1.54, 1.807) is 0 Å². The molecule has 0 amide bonds. The minimum absolute atomic E-state index is 0.797. The fraction of sp³-hybridized carbons (Fsp3) is 0.312. The lowest BCUT2D eigenvalue weighted by molar-refractivity contribution is 0.300. The Balaban J connectivity index is 1.75. The van der Waals surface area contributed by atoms with Crippen molar-refractivity contribution in [1.29, 1.82) is 0 Å². The Kier molecular flexibility index (Phi) is 3.01.